The maximum Gasteiger partial charge on any atom is 0.192 e. The number of aryl methyl sites for hydroxylation is 1. The molecule has 0 spiro atoms. The number of nitrogens with zero attached hydrogens (tertiary/aromatic N) is 5. The molecule has 5 rings (SSSR count). The highest BCUT2D eigenvalue weighted by atomic mass is 32.2. The van der Waals surface area contributed by atoms with Crippen LogP contribution in [0.3, 0.4) is 0 Å². The number of hydrogen-bond donors (Lipinski definition) is 0. The lowest BCUT2D eigenvalue weighted by atomic mass is 10.1. The average molecular weight is 444 g/mol. The SMILES string of the molecule is Cc1cc(C(=O)[C@@H](C)Sc2nnc(-c3cccnc3)n2C2CC2)c(C)n1-c1ccccc1. The van der Waals surface area contributed by atoms with Crippen LogP contribution in [-0.4, -0.2) is 35.3 Å². The molecule has 162 valence electrons. The van der Waals surface area contributed by atoms with Crippen LogP contribution in [0.15, 0.2) is 66.1 Å². The first-order valence-corrected chi connectivity index (χ1v) is 11.7. The first-order valence-electron chi connectivity index (χ1n) is 10.8. The number of thioether (sulfide) groups is 1. The molecule has 0 amide bonds. The lowest BCUT2D eigenvalue weighted by Crippen LogP contribution is -2.15. The van der Waals surface area contributed by atoms with Gasteiger partial charge in [-0.3, -0.25) is 14.3 Å². The number of rotatable bonds is 7. The van der Waals surface area contributed by atoms with Crippen molar-refractivity contribution in [3.63, 3.8) is 0 Å². The predicted molar refractivity (Wildman–Crippen MR) is 126 cm³/mol. The largest absolute Gasteiger partial charge is 0.318 e. The number of benzene rings is 1. The molecule has 0 N–H and O–H groups in total. The summed E-state index contributed by atoms with van der Waals surface area (Å²) >= 11 is 1.49. The minimum atomic E-state index is -0.275. The molecule has 0 unspecified atom stereocenters. The third-order valence-electron chi connectivity index (χ3n) is 5.86. The molecular formula is C25H25N5OS. The zero-order chi connectivity index (χ0) is 22.2. The van der Waals surface area contributed by atoms with Crippen LogP contribution in [0.25, 0.3) is 17.1 Å². The number of pyridine rings is 1. The Balaban J connectivity index is 1.43. The minimum absolute atomic E-state index is 0.110. The summed E-state index contributed by atoms with van der Waals surface area (Å²) in [6.45, 7) is 6.01. The lowest BCUT2D eigenvalue weighted by molar-refractivity contribution is 0.0993. The highest BCUT2D eigenvalue weighted by molar-refractivity contribution is 8.00. The van der Waals surface area contributed by atoms with Crippen LogP contribution in [0.1, 0.15) is 47.6 Å². The van der Waals surface area contributed by atoms with E-state index in [1.54, 1.807) is 6.20 Å². The second-order valence-corrected chi connectivity index (χ2v) is 9.54. The molecule has 1 aliphatic rings. The van der Waals surface area contributed by atoms with Gasteiger partial charge in [0.15, 0.2) is 16.8 Å². The van der Waals surface area contributed by atoms with E-state index in [0.29, 0.717) is 6.04 Å². The molecule has 1 aliphatic carbocycles. The molecule has 0 bridgehead atoms. The molecular weight excluding hydrogens is 418 g/mol. The van der Waals surface area contributed by atoms with Gasteiger partial charge < -0.3 is 4.57 Å². The number of Topliss-reactive ketones (excluding diaryl/α,β-unsaturated/α-hetero) is 1. The van der Waals surface area contributed by atoms with Gasteiger partial charge >= 0.3 is 0 Å². The zero-order valence-corrected chi connectivity index (χ0v) is 19.2. The van der Waals surface area contributed by atoms with Crippen molar-refractivity contribution in [2.24, 2.45) is 0 Å². The normalized spacial score (nSPS) is 14.5. The van der Waals surface area contributed by atoms with Crippen LogP contribution in [0.4, 0.5) is 0 Å². The van der Waals surface area contributed by atoms with Crippen molar-refractivity contribution in [3.8, 4) is 17.1 Å². The molecule has 1 atom stereocenters. The third-order valence-corrected chi connectivity index (χ3v) is 6.92. The number of hydrogen-bond acceptors (Lipinski definition) is 5. The Morgan fingerprint density at radius 1 is 1.09 bits per heavy atom. The van der Waals surface area contributed by atoms with Crippen LogP contribution < -0.4 is 0 Å². The van der Waals surface area contributed by atoms with Gasteiger partial charge in [0.05, 0.1) is 5.25 Å². The average Bonchev–Trinajstić information content (AvgIpc) is 3.50. The van der Waals surface area contributed by atoms with Crippen molar-refractivity contribution in [2.45, 2.75) is 50.1 Å². The summed E-state index contributed by atoms with van der Waals surface area (Å²) in [5, 5.41) is 9.42. The molecule has 0 saturated heterocycles. The van der Waals surface area contributed by atoms with Crippen molar-refractivity contribution >= 4 is 17.5 Å². The lowest BCUT2D eigenvalue weighted by Gasteiger charge is -2.13. The zero-order valence-electron chi connectivity index (χ0n) is 18.4. The smallest absolute Gasteiger partial charge is 0.192 e. The van der Waals surface area contributed by atoms with E-state index in [1.165, 1.54) is 11.8 Å². The topological polar surface area (TPSA) is 65.6 Å². The van der Waals surface area contributed by atoms with Crippen molar-refractivity contribution in [2.75, 3.05) is 0 Å². The molecule has 0 aliphatic heterocycles. The van der Waals surface area contributed by atoms with Crippen LogP contribution in [0.2, 0.25) is 0 Å². The summed E-state index contributed by atoms with van der Waals surface area (Å²) in [4.78, 5) is 17.7. The van der Waals surface area contributed by atoms with Gasteiger partial charge in [-0.1, -0.05) is 30.0 Å². The van der Waals surface area contributed by atoms with Crippen molar-refractivity contribution < 1.29 is 4.79 Å². The Morgan fingerprint density at radius 3 is 2.56 bits per heavy atom. The quantitative estimate of drug-likeness (QED) is 0.281. The number of carbonyl (C=O) groups excluding carboxylic acids is 1. The number of carbonyl (C=O) groups is 1. The summed E-state index contributed by atoms with van der Waals surface area (Å²) in [6, 6.07) is 16.4. The maximum atomic E-state index is 13.4. The third kappa shape index (κ3) is 3.77. The van der Waals surface area contributed by atoms with Gasteiger partial charge in [0.25, 0.3) is 0 Å². The van der Waals surface area contributed by atoms with E-state index in [-0.39, 0.29) is 11.0 Å². The second kappa shape index (κ2) is 8.39. The maximum absolute atomic E-state index is 13.4. The van der Waals surface area contributed by atoms with Gasteiger partial charge in [-0.15, -0.1) is 10.2 Å². The predicted octanol–water partition coefficient (Wildman–Crippen LogP) is 5.45. The Bertz CT molecular complexity index is 1260. The van der Waals surface area contributed by atoms with Crippen LogP contribution in [-0.2, 0) is 0 Å². The van der Waals surface area contributed by atoms with Crippen molar-refractivity contribution in [3.05, 3.63) is 77.9 Å². The van der Waals surface area contributed by atoms with Crippen molar-refractivity contribution in [1.82, 2.24) is 24.3 Å². The Kier molecular flexibility index (Phi) is 5.43. The Hall–Kier alpha value is -3.19. The summed E-state index contributed by atoms with van der Waals surface area (Å²) in [6.07, 6.45) is 5.78. The van der Waals surface area contributed by atoms with Crippen molar-refractivity contribution in [1.29, 1.82) is 0 Å². The van der Waals surface area contributed by atoms with Crippen LogP contribution in [0.5, 0.6) is 0 Å². The second-order valence-electron chi connectivity index (χ2n) is 8.23. The highest BCUT2D eigenvalue weighted by Crippen LogP contribution is 2.42. The minimum Gasteiger partial charge on any atom is -0.318 e. The van der Waals surface area contributed by atoms with E-state index >= 15 is 0 Å². The van der Waals surface area contributed by atoms with Crippen LogP contribution >= 0.6 is 11.8 Å². The summed E-state index contributed by atoms with van der Waals surface area (Å²) < 4.78 is 4.32. The molecule has 1 saturated carbocycles. The number of para-hydroxylation sites is 1. The first-order chi connectivity index (χ1) is 15.5. The monoisotopic (exact) mass is 443 g/mol. The van der Waals surface area contributed by atoms with Gasteiger partial charge in [-0.2, -0.15) is 0 Å². The summed E-state index contributed by atoms with van der Waals surface area (Å²) in [7, 11) is 0. The van der Waals surface area contributed by atoms with Gasteiger partial charge in [-0.25, -0.2) is 0 Å². The van der Waals surface area contributed by atoms with E-state index in [2.05, 4.69) is 36.4 Å². The molecule has 7 heteroatoms. The first kappa shape index (κ1) is 20.7. The van der Waals surface area contributed by atoms with Gasteiger partial charge in [0, 0.05) is 46.6 Å². The van der Waals surface area contributed by atoms with Gasteiger partial charge in [-0.05, 0) is 63.9 Å². The van der Waals surface area contributed by atoms with E-state index in [1.807, 2.05) is 63.4 Å². The molecule has 1 fully saturated rings. The summed E-state index contributed by atoms with van der Waals surface area (Å²) in [5.41, 5.74) is 4.79. The van der Waals surface area contributed by atoms with Gasteiger partial charge in [0.1, 0.15) is 0 Å². The molecule has 6 nitrogen and oxygen atoms in total. The fraction of sp³-hybridized carbons (Fsp3) is 0.280. The Labute approximate surface area is 191 Å². The molecule has 3 heterocycles. The fourth-order valence-corrected chi connectivity index (χ4v) is 5.12. The summed E-state index contributed by atoms with van der Waals surface area (Å²) in [5.74, 6) is 0.934. The molecule has 32 heavy (non-hydrogen) atoms. The number of aromatic nitrogens is 5. The van der Waals surface area contributed by atoms with E-state index in [4.69, 9.17) is 0 Å². The fourth-order valence-electron chi connectivity index (χ4n) is 4.13. The van der Waals surface area contributed by atoms with E-state index in [0.717, 1.165) is 52.0 Å². The standard InChI is InChI=1S/C25H25N5OS/c1-16-14-22(17(2)29(16)20-9-5-4-6-10-20)23(31)18(3)32-25-28-27-24(30(25)21-11-12-21)19-8-7-13-26-15-19/h4-10,13-15,18,21H,11-12H2,1-3H3/t18-/m1/s1. The molecule has 4 aromatic rings. The molecule has 1 aromatic carbocycles. The highest BCUT2D eigenvalue weighted by Gasteiger charge is 2.32. The Morgan fingerprint density at radius 2 is 1.88 bits per heavy atom. The molecule has 3 aromatic heterocycles. The van der Waals surface area contributed by atoms with Gasteiger partial charge in [0.2, 0.25) is 0 Å². The van der Waals surface area contributed by atoms with E-state index in [9.17, 15) is 4.79 Å². The van der Waals surface area contributed by atoms with Crippen LogP contribution in [0, 0.1) is 13.8 Å². The molecule has 0 radical (unpaired) electrons. The van der Waals surface area contributed by atoms with E-state index < -0.39 is 0 Å². The number of ketones is 1.